The van der Waals surface area contributed by atoms with E-state index in [2.05, 4.69) is 44.0 Å². The van der Waals surface area contributed by atoms with Crippen LogP contribution in [0, 0.1) is 6.92 Å². The van der Waals surface area contributed by atoms with Crippen molar-refractivity contribution < 1.29 is 9.26 Å². The van der Waals surface area contributed by atoms with E-state index in [1.54, 1.807) is 23.8 Å². The molecule has 0 radical (unpaired) electrons. The van der Waals surface area contributed by atoms with Crippen molar-refractivity contribution in [3.05, 3.63) is 86.6 Å². The Balaban J connectivity index is 1.33. The Kier molecular flexibility index (Phi) is 6.74. The van der Waals surface area contributed by atoms with Crippen molar-refractivity contribution in [2.75, 3.05) is 18.5 Å². The van der Waals surface area contributed by atoms with Crippen LogP contribution in [0.2, 0.25) is 5.02 Å². The molecule has 2 aliphatic rings. The molecule has 1 saturated heterocycles. The first-order chi connectivity index (χ1) is 20.0. The Morgan fingerprint density at radius 3 is 2.71 bits per heavy atom. The number of rotatable bonds is 6. The van der Waals surface area contributed by atoms with Crippen LogP contribution in [-0.2, 0) is 24.4 Å². The SMILES string of the molecule is Cc1nc(-c2ccc(-c3cc4cnc(NC5CCOCC5)nc4n(Cc4ccc5c(c4)CNC5)c3=O)c(Cl)c2)no1. The van der Waals surface area contributed by atoms with Gasteiger partial charge in [0.15, 0.2) is 0 Å². The number of benzene rings is 2. The lowest BCUT2D eigenvalue weighted by atomic mass is 10.0. The number of aryl methyl sites for hydroxylation is 1. The van der Waals surface area contributed by atoms with E-state index in [-0.39, 0.29) is 11.6 Å². The Morgan fingerprint density at radius 2 is 1.90 bits per heavy atom. The first-order valence-corrected chi connectivity index (χ1v) is 14.1. The summed E-state index contributed by atoms with van der Waals surface area (Å²) in [6.45, 7) is 5.19. The van der Waals surface area contributed by atoms with Crippen LogP contribution in [-0.4, -0.2) is 43.9 Å². The Morgan fingerprint density at radius 1 is 1.05 bits per heavy atom. The van der Waals surface area contributed by atoms with Crippen LogP contribution < -0.4 is 16.2 Å². The van der Waals surface area contributed by atoms with Crippen LogP contribution in [0.15, 0.2) is 58.0 Å². The Hall–Kier alpha value is -4.12. The lowest BCUT2D eigenvalue weighted by molar-refractivity contribution is 0.0903. The smallest absolute Gasteiger partial charge is 0.260 e. The van der Waals surface area contributed by atoms with Crippen LogP contribution in [0.3, 0.4) is 0 Å². The first-order valence-electron chi connectivity index (χ1n) is 13.7. The molecule has 10 nitrogen and oxygen atoms in total. The molecule has 5 heterocycles. The summed E-state index contributed by atoms with van der Waals surface area (Å²) in [4.78, 5) is 27.9. The van der Waals surface area contributed by atoms with Crippen LogP contribution in [0.4, 0.5) is 5.95 Å². The molecule has 0 amide bonds. The number of ether oxygens (including phenoxy) is 1. The van der Waals surface area contributed by atoms with Crippen molar-refractivity contribution in [1.82, 2.24) is 30.0 Å². The highest BCUT2D eigenvalue weighted by atomic mass is 35.5. The van der Waals surface area contributed by atoms with Crippen molar-refractivity contribution in [3.8, 4) is 22.5 Å². The second-order valence-electron chi connectivity index (χ2n) is 10.5. The minimum atomic E-state index is -0.183. The zero-order valence-electron chi connectivity index (χ0n) is 22.5. The van der Waals surface area contributed by atoms with Gasteiger partial charge < -0.3 is 19.9 Å². The van der Waals surface area contributed by atoms with Gasteiger partial charge in [0.2, 0.25) is 17.7 Å². The predicted molar refractivity (Wildman–Crippen MR) is 156 cm³/mol. The Bertz CT molecular complexity index is 1830. The number of aromatic nitrogens is 5. The highest BCUT2D eigenvalue weighted by Gasteiger charge is 2.20. The minimum absolute atomic E-state index is 0.183. The average molecular weight is 570 g/mol. The summed E-state index contributed by atoms with van der Waals surface area (Å²) in [5, 5.41) is 12.0. The molecule has 2 N–H and O–H groups in total. The van der Waals surface area contributed by atoms with Crippen molar-refractivity contribution in [3.63, 3.8) is 0 Å². The third kappa shape index (κ3) is 5.10. The minimum Gasteiger partial charge on any atom is -0.381 e. The molecule has 0 spiro atoms. The van der Waals surface area contributed by atoms with Crippen molar-refractivity contribution >= 4 is 28.6 Å². The molecule has 41 heavy (non-hydrogen) atoms. The van der Waals surface area contributed by atoms with Crippen LogP contribution in [0.5, 0.6) is 0 Å². The third-order valence-corrected chi connectivity index (χ3v) is 7.98. The number of fused-ring (bicyclic) bond motifs is 2. The van der Waals surface area contributed by atoms with Gasteiger partial charge in [-0.3, -0.25) is 9.36 Å². The number of hydrogen-bond donors (Lipinski definition) is 2. The highest BCUT2D eigenvalue weighted by Crippen LogP contribution is 2.31. The van der Waals surface area contributed by atoms with Gasteiger partial charge in [0, 0.05) is 72.6 Å². The summed E-state index contributed by atoms with van der Waals surface area (Å²) in [5.74, 6) is 1.41. The van der Waals surface area contributed by atoms with Gasteiger partial charge in [-0.15, -0.1) is 0 Å². The standard InChI is InChI=1S/C30H28ClN7O3/c1-17-34-27(37-41-17)19-4-5-24(26(31)12-19)25-11-22-15-33-30(35-23-6-8-40-9-7-23)36-28(22)38(29(25)39)16-18-2-3-20-13-32-14-21(20)10-18/h2-5,10-12,15,23,32H,6-9,13-14,16H2,1H3,(H,33,35,36). The van der Waals surface area contributed by atoms with E-state index in [9.17, 15) is 4.79 Å². The zero-order chi connectivity index (χ0) is 27.9. The molecule has 0 aliphatic carbocycles. The summed E-state index contributed by atoms with van der Waals surface area (Å²) in [6.07, 6.45) is 3.53. The van der Waals surface area contributed by atoms with E-state index in [4.69, 9.17) is 25.8 Å². The number of anilines is 1. The van der Waals surface area contributed by atoms with E-state index < -0.39 is 0 Å². The summed E-state index contributed by atoms with van der Waals surface area (Å²) >= 11 is 6.76. The van der Waals surface area contributed by atoms with E-state index in [1.165, 1.54) is 11.1 Å². The predicted octanol–water partition coefficient (Wildman–Crippen LogP) is 4.71. The van der Waals surface area contributed by atoms with E-state index in [0.29, 0.717) is 64.8 Å². The van der Waals surface area contributed by atoms with Gasteiger partial charge in [0.1, 0.15) is 5.65 Å². The van der Waals surface area contributed by atoms with Crippen LogP contribution >= 0.6 is 11.6 Å². The van der Waals surface area contributed by atoms with Gasteiger partial charge in [0.25, 0.3) is 5.56 Å². The first kappa shape index (κ1) is 25.8. The van der Waals surface area contributed by atoms with Crippen LogP contribution in [0.25, 0.3) is 33.5 Å². The summed E-state index contributed by atoms with van der Waals surface area (Å²) in [5.41, 5.74) is 5.73. The number of nitrogens with zero attached hydrogens (tertiary/aromatic N) is 5. The highest BCUT2D eigenvalue weighted by molar-refractivity contribution is 6.33. The third-order valence-electron chi connectivity index (χ3n) is 7.67. The van der Waals surface area contributed by atoms with Gasteiger partial charge in [-0.25, -0.2) is 4.98 Å². The number of halogens is 1. The monoisotopic (exact) mass is 569 g/mol. The molecule has 0 unspecified atom stereocenters. The van der Waals surface area contributed by atoms with Gasteiger partial charge in [-0.1, -0.05) is 47.1 Å². The quantitative estimate of drug-likeness (QED) is 0.299. The fourth-order valence-electron chi connectivity index (χ4n) is 5.51. The molecule has 0 atom stereocenters. The average Bonchev–Trinajstić information content (AvgIpc) is 3.64. The number of nitrogens with one attached hydrogen (secondary N) is 2. The maximum absolute atomic E-state index is 14.2. The fourth-order valence-corrected chi connectivity index (χ4v) is 5.79. The van der Waals surface area contributed by atoms with Crippen molar-refractivity contribution in [2.45, 2.75) is 45.4 Å². The summed E-state index contributed by atoms with van der Waals surface area (Å²) in [7, 11) is 0. The largest absolute Gasteiger partial charge is 0.381 e. The summed E-state index contributed by atoms with van der Waals surface area (Å²) in [6, 6.07) is 13.8. The van der Waals surface area contributed by atoms with Crippen molar-refractivity contribution in [1.29, 1.82) is 0 Å². The molecule has 1 fully saturated rings. The molecule has 208 valence electrons. The second-order valence-corrected chi connectivity index (χ2v) is 10.9. The molecule has 2 aromatic carbocycles. The van der Waals surface area contributed by atoms with Gasteiger partial charge in [-0.2, -0.15) is 9.97 Å². The molecule has 0 saturated carbocycles. The molecule has 7 rings (SSSR count). The number of pyridine rings is 1. The fraction of sp³-hybridized carbons (Fsp3) is 0.300. The maximum atomic E-state index is 14.2. The molecule has 2 aliphatic heterocycles. The number of hydrogen-bond acceptors (Lipinski definition) is 9. The van der Waals surface area contributed by atoms with Gasteiger partial charge in [-0.05, 0) is 41.7 Å². The lowest BCUT2D eigenvalue weighted by Crippen LogP contribution is -2.29. The maximum Gasteiger partial charge on any atom is 0.260 e. The van der Waals surface area contributed by atoms with Gasteiger partial charge in [0.05, 0.1) is 6.54 Å². The molecule has 11 heteroatoms. The zero-order valence-corrected chi connectivity index (χ0v) is 23.2. The molecular formula is C30H28ClN7O3. The lowest BCUT2D eigenvalue weighted by Gasteiger charge is -2.23. The second kappa shape index (κ2) is 10.7. The topological polar surface area (TPSA) is 120 Å². The Labute approximate surface area is 240 Å². The van der Waals surface area contributed by atoms with E-state index >= 15 is 0 Å². The van der Waals surface area contributed by atoms with Gasteiger partial charge >= 0.3 is 0 Å². The molecular weight excluding hydrogens is 542 g/mol. The summed E-state index contributed by atoms with van der Waals surface area (Å²) < 4.78 is 12.3. The van der Waals surface area contributed by atoms with E-state index in [0.717, 1.165) is 36.9 Å². The van der Waals surface area contributed by atoms with E-state index in [1.807, 2.05) is 18.2 Å². The molecule has 5 aromatic rings. The normalized spacial score (nSPS) is 15.4. The van der Waals surface area contributed by atoms with Crippen molar-refractivity contribution in [2.24, 2.45) is 0 Å². The van der Waals surface area contributed by atoms with Crippen LogP contribution in [0.1, 0.15) is 35.4 Å². The molecule has 3 aromatic heterocycles. The molecule has 0 bridgehead atoms.